The van der Waals surface area contributed by atoms with Crippen molar-refractivity contribution in [3.8, 4) is 0 Å². The van der Waals surface area contributed by atoms with Crippen molar-refractivity contribution in [2.24, 2.45) is 0 Å². The second-order valence-corrected chi connectivity index (χ2v) is 6.81. The van der Waals surface area contributed by atoms with Gasteiger partial charge in [-0.05, 0) is 48.2 Å². The number of hydrogen-bond acceptors (Lipinski definition) is 2. The lowest BCUT2D eigenvalue weighted by Gasteiger charge is -2.10. The third-order valence-corrected chi connectivity index (χ3v) is 5.01. The molecule has 0 heterocycles. The van der Waals surface area contributed by atoms with Crippen molar-refractivity contribution in [2.45, 2.75) is 11.8 Å². The van der Waals surface area contributed by atoms with Gasteiger partial charge in [-0.15, -0.1) is 11.8 Å². The first kappa shape index (κ1) is 16.8. The Labute approximate surface area is 149 Å². The summed E-state index contributed by atoms with van der Waals surface area (Å²) in [7, 11) is 0. The van der Waals surface area contributed by atoms with Crippen molar-refractivity contribution in [3.05, 3.63) is 71.0 Å². The number of rotatable bonds is 4. The lowest BCUT2D eigenvalue weighted by atomic mass is 10.1. The van der Waals surface area contributed by atoms with Gasteiger partial charge in [-0.3, -0.25) is 4.79 Å². The van der Waals surface area contributed by atoms with Crippen molar-refractivity contribution in [2.75, 3.05) is 11.1 Å². The summed E-state index contributed by atoms with van der Waals surface area (Å²) >= 11 is 7.72. The molecule has 0 aliphatic carbocycles. The Hall–Kier alpha value is -2.04. The standard InChI is InChI=1S/C19H15ClFNOS/c1-12-10-14(21)8-9-16(12)22-18(23)11-24-17-7-3-5-13-4-2-6-15(20)19(13)17/h2-10H,11H2,1H3,(H,22,23). The Morgan fingerprint density at radius 1 is 1.17 bits per heavy atom. The van der Waals surface area contributed by atoms with Crippen molar-refractivity contribution < 1.29 is 9.18 Å². The molecule has 0 aliphatic heterocycles. The molecular weight excluding hydrogens is 345 g/mol. The summed E-state index contributed by atoms with van der Waals surface area (Å²) in [6.07, 6.45) is 0. The molecule has 0 radical (unpaired) electrons. The Bertz CT molecular complexity index is 908. The SMILES string of the molecule is Cc1cc(F)ccc1NC(=O)CSc1cccc2cccc(Cl)c12. The van der Waals surface area contributed by atoms with Crippen LogP contribution in [-0.2, 0) is 4.79 Å². The molecule has 0 bridgehead atoms. The van der Waals surface area contributed by atoms with Gasteiger partial charge >= 0.3 is 0 Å². The maximum absolute atomic E-state index is 13.1. The zero-order valence-corrected chi connectivity index (χ0v) is 14.5. The first-order chi connectivity index (χ1) is 11.5. The van der Waals surface area contributed by atoms with Crippen LogP contribution >= 0.6 is 23.4 Å². The van der Waals surface area contributed by atoms with E-state index in [1.165, 1.54) is 23.9 Å². The van der Waals surface area contributed by atoms with E-state index in [2.05, 4.69) is 5.32 Å². The third-order valence-electron chi connectivity index (χ3n) is 3.64. The number of nitrogens with one attached hydrogen (secondary N) is 1. The molecule has 1 N–H and O–H groups in total. The number of amides is 1. The van der Waals surface area contributed by atoms with E-state index in [9.17, 15) is 9.18 Å². The molecule has 0 saturated heterocycles. The largest absolute Gasteiger partial charge is 0.325 e. The van der Waals surface area contributed by atoms with Crippen molar-refractivity contribution in [1.29, 1.82) is 0 Å². The fraction of sp³-hybridized carbons (Fsp3) is 0.105. The number of hydrogen-bond donors (Lipinski definition) is 1. The molecule has 0 aliphatic rings. The predicted molar refractivity (Wildman–Crippen MR) is 99.4 cm³/mol. The highest BCUT2D eigenvalue weighted by Gasteiger charge is 2.10. The van der Waals surface area contributed by atoms with Gasteiger partial charge in [-0.25, -0.2) is 4.39 Å². The Morgan fingerprint density at radius 3 is 2.67 bits per heavy atom. The maximum atomic E-state index is 13.1. The molecule has 0 unspecified atom stereocenters. The van der Waals surface area contributed by atoms with Crippen LogP contribution in [0.25, 0.3) is 10.8 Å². The quantitative estimate of drug-likeness (QED) is 0.608. The molecule has 0 spiro atoms. The van der Waals surface area contributed by atoms with Crippen LogP contribution in [0, 0.1) is 12.7 Å². The average molecular weight is 360 g/mol. The van der Waals surface area contributed by atoms with Crippen molar-refractivity contribution in [1.82, 2.24) is 0 Å². The molecule has 5 heteroatoms. The first-order valence-corrected chi connectivity index (χ1v) is 8.77. The minimum absolute atomic E-state index is 0.140. The smallest absolute Gasteiger partial charge is 0.234 e. The number of thioether (sulfide) groups is 1. The average Bonchev–Trinajstić information content (AvgIpc) is 2.56. The van der Waals surface area contributed by atoms with Crippen LogP contribution < -0.4 is 5.32 Å². The van der Waals surface area contributed by atoms with Gasteiger partial charge in [0.1, 0.15) is 5.82 Å². The Kier molecular flexibility index (Phi) is 5.07. The lowest BCUT2D eigenvalue weighted by molar-refractivity contribution is -0.113. The lowest BCUT2D eigenvalue weighted by Crippen LogP contribution is -2.14. The molecular formula is C19H15ClFNOS. The van der Waals surface area contributed by atoms with Gasteiger partial charge in [0.05, 0.1) is 5.75 Å². The molecule has 3 rings (SSSR count). The summed E-state index contributed by atoms with van der Waals surface area (Å²) in [5, 5.41) is 5.48. The van der Waals surface area contributed by atoms with Gasteiger partial charge in [0.25, 0.3) is 0 Å². The monoisotopic (exact) mass is 359 g/mol. The van der Waals surface area contributed by atoms with Crippen LogP contribution in [0.5, 0.6) is 0 Å². The van der Waals surface area contributed by atoms with Crippen LogP contribution in [-0.4, -0.2) is 11.7 Å². The second kappa shape index (κ2) is 7.24. The van der Waals surface area contributed by atoms with E-state index in [0.717, 1.165) is 15.7 Å². The minimum Gasteiger partial charge on any atom is -0.325 e. The topological polar surface area (TPSA) is 29.1 Å². The number of benzene rings is 3. The van der Waals surface area contributed by atoms with E-state index in [0.29, 0.717) is 16.3 Å². The number of anilines is 1. The van der Waals surface area contributed by atoms with Crippen LogP contribution in [0.15, 0.2) is 59.5 Å². The number of aryl methyl sites for hydroxylation is 1. The summed E-state index contributed by atoms with van der Waals surface area (Å²) < 4.78 is 13.1. The zero-order valence-electron chi connectivity index (χ0n) is 13.0. The first-order valence-electron chi connectivity index (χ1n) is 7.40. The van der Waals surface area contributed by atoms with Crippen LogP contribution in [0.4, 0.5) is 10.1 Å². The van der Waals surface area contributed by atoms with Gasteiger partial charge in [0.2, 0.25) is 5.91 Å². The predicted octanol–water partition coefficient (Wildman–Crippen LogP) is 5.67. The molecule has 0 fully saturated rings. The third kappa shape index (κ3) is 3.71. The van der Waals surface area contributed by atoms with E-state index < -0.39 is 0 Å². The van der Waals surface area contributed by atoms with E-state index in [1.807, 2.05) is 36.4 Å². The molecule has 3 aromatic rings. The Balaban J connectivity index is 1.73. The van der Waals surface area contributed by atoms with Crippen molar-refractivity contribution in [3.63, 3.8) is 0 Å². The molecule has 0 aromatic heterocycles. The zero-order chi connectivity index (χ0) is 17.1. The summed E-state index contributed by atoms with van der Waals surface area (Å²) in [5.41, 5.74) is 1.32. The number of halogens is 2. The highest BCUT2D eigenvalue weighted by molar-refractivity contribution is 8.00. The minimum atomic E-state index is -0.315. The van der Waals surface area contributed by atoms with Crippen LogP contribution in [0.2, 0.25) is 5.02 Å². The Morgan fingerprint density at radius 2 is 1.92 bits per heavy atom. The molecule has 122 valence electrons. The summed E-state index contributed by atoms with van der Waals surface area (Å²) in [4.78, 5) is 13.1. The van der Waals surface area contributed by atoms with E-state index in [-0.39, 0.29) is 17.5 Å². The van der Waals surface area contributed by atoms with Crippen LogP contribution in [0.1, 0.15) is 5.56 Å². The fourth-order valence-electron chi connectivity index (χ4n) is 2.48. The maximum Gasteiger partial charge on any atom is 0.234 e. The van der Waals surface area contributed by atoms with Gasteiger partial charge in [-0.2, -0.15) is 0 Å². The van der Waals surface area contributed by atoms with E-state index >= 15 is 0 Å². The second-order valence-electron chi connectivity index (χ2n) is 5.39. The molecule has 3 aromatic carbocycles. The number of carbonyl (C=O) groups is 1. The highest BCUT2D eigenvalue weighted by atomic mass is 35.5. The van der Waals surface area contributed by atoms with Crippen LogP contribution in [0.3, 0.4) is 0 Å². The molecule has 24 heavy (non-hydrogen) atoms. The van der Waals surface area contributed by atoms with Gasteiger partial charge < -0.3 is 5.32 Å². The normalized spacial score (nSPS) is 10.8. The molecule has 1 amide bonds. The van der Waals surface area contributed by atoms with E-state index in [1.54, 1.807) is 13.0 Å². The summed E-state index contributed by atoms with van der Waals surface area (Å²) in [6, 6.07) is 15.9. The summed E-state index contributed by atoms with van der Waals surface area (Å²) in [5.74, 6) is -0.203. The van der Waals surface area contributed by atoms with Crippen molar-refractivity contribution >= 4 is 45.7 Å². The van der Waals surface area contributed by atoms with Gasteiger partial charge in [0, 0.05) is 21.0 Å². The highest BCUT2D eigenvalue weighted by Crippen LogP contribution is 2.33. The van der Waals surface area contributed by atoms with Gasteiger partial charge in [-0.1, -0.05) is 35.9 Å². The number of fused-ring (bicyclic) bond motifs is 1. The fourth-order valence-corrected chi connectivity index (χ4v) is 3.72. The van der Waals surface area contributed by atoms with E-state index in [4.69, 9.17) is 11.6 Å². The summed E-state index contributed by atoms with van der Waals surface area (Å²) in [6.45, 7) is 1.76. The number of carbonyl (C=O) groups excluding carboxylic acids is 1. The molecule has 0 saturated carbocycles. The molecule has 2 nitrogen and oxygen atoms in total. The molecule has 0 atom stereocenters. The van der Waals surface area contributed by atoms with Gasteiger partial charge in [0.15, 0.2) is 0 Å².